The number of rotatable bonds is 7. The van der Waals surface area contributed by atoms with Gasteiger partial charge in [-0.15, -0.1) is 11.3 Å². The molecule has 1 aromatic rings. The molecule has 0 aromatic carbocycles. The number of carboxylic acid groups (broad SMARTS) is 1. The van der Waals surface area contributed by atoms with Crippen molar-refractivity contribution in [1.82, 2.24) is 10.2 Å². The summed E-state index contributed by atoms with van der Waals surface area (Å²) in [5, 5.41) is 16.3. The summed E-state index contributed by atoms with van der Waals surface area (Å²) in [5.74, 6) is -1.04. The minimum Gasteiger partial charge on any atom is -0.478 e. The summed E-state index contributed by atoms with van der Waals surface area (Å²) in [6.07, 6.45) is 0. The third kappa shape index (κ3) is 4.82. The molecule has 20 heavy (non-hydrogen) atoms. The van der Waals surface area contributed by atoms with Crippen molar-refractivity contribution >= 4 is 28.3 Å². The van der Waals surface area contributed by atoms with Crippen molar-refractivity contribution in [3.8, 4) is 0 Å². The minimum atomic E-state index is -1.04. The predicted octanol–water partition coefficient (Wildman–Crippen LogP) is 2.30. The van der Waals surface area contributed by atoms with Crippen LogP contribution in [-0.4, -0.2) is 47.7 Å². The Morgan fingerprint density at radius 2 is 2.05 bits per heavy atom. The number of aromatic carboxylic acids is 1. The summed E-state index contributed by atoms with van der Waals surface area (Å²) < 4.78 is 0. The van der Waals surface area contributed by atoms with Gasteiger partial charge in [0.15, 0.2) is 0 Å². The number of carbonyl (C=O) groups is 2. The van der Waals surface area contributed by atoms with Crippen LogP contribution in [0.25, 0.3) is 0 Å². The molecule has 0 saturated carbocycles. The molecule has 6 nitrogen and oxygen atoms in total. The van der Waals surface area contributed by atoms with Gasteiger partial charge in [0.25, 0.3) is 0 Å². The monoisotopic (exact) mass is 299 g/mol. The standard InChI is InChI=1S/C13H21N3O3S/c1-4-16(5-2)8-9(3)14-13(19)15-11-10(12(17)18)6-7-20-11/h6-7,9H,4-5,8H2,1-3H3,(H,17,18)(H2,14,15,19). The first-order chi connectivity index (χ1) is 9.47. The van der Waals surface area contributed by atoms with Gasteiger partial charge >= 0.3 is 12.0 Å². The topological polar surface area (TPSA) is 81.7 Å². The first-order valence-corrected chi connectivity index (χ1v) is 7.46. The van der Waals surface area contributed by atoms with Crippen LogP contribution < -0.4 is 10.6 Å². The Morgan fingerprint density at radius 1 is 1.40 bits per heavy atom. The van der Waals surface area contributed by atoms with Crippen LogP contribution in [0.1, 0.15) is 31.1 Å². The zero-order chi connectivity index (χ0) is 15.1. The molecule has 7 heteroatoms. The number of likely N-dealkylation sites (N-methyl/N-ethyl adjacent to an activating group) is 1. The Labute approximate surface area is 122 Å². The van der Waals surface area contributed by atoms with Gasteiger partial charge in [0.1, 0.15) is 5.00 Å². The van der Waals surface area contributed by atoms with Crippen molar-refractivity contribution in [2.75, 3.05) is 25.0 Å². The maximum absolute atomic E-state index is 11.8. The Kier molecular flexibility index (Phi) is 6.47. The maximum Gasteiger partial charge on any atom is 0.338 e. The van der Waals surface area contributed by atoms with E-state index in [1.165, 1.54) is 17.4 Å². The van der Waals surface area contributed by atoms with Gasteiger partial charge in [-0.3, -0.25) is 5.32 Å². The Balaban J connectivity index is 2.51. The Hall–Kier alpha value is -1.60. The molecule has 1 atom stereocenters. The van der Waals surface area contributed by atoms with E-state index in [-0.39, 0.29) is 17.6 Å². The molecule has 0 bridgehead atoms. The lowest BCUT2D eigenvalue weighted by Crippen LogP contribution is -2.43. The van der Waals surface area contributed by atoms with E-state index in [4.69, 9.17) is 5.11 Å². The van der Waals surface area contributed by atoms with Gasteiger partial charge in [-0.2, -0.15) is 0 Å². The van der Waals surface area contributed by atoms with Gasteiger partial charge in [-0.05, 0) is 31.5 Å². The predicted molar refractivity (Wildman–Crippen MR) is 80.7 cm³/mol. The lowest BCUT2D eigenvalue weighted by molar-refractivity contribution is 0.0698. The molecule has 0 fully saturated rings. The van der Waals surface area contributed by atoms with Crippen LogP contribution in [0, 0.1) is 0 Å². The van der Waals surface area contributed by atoms with E-state index in [0.29, 0.717) is 5.00 Å². The third-order valence-electron chi connectivity index (χ3n) is 2.93. The van der Waals surface area contributed by atoms with E-state index in [9.17, 15) is 9.59 Å². The summed E-state index contributed by atoms with van der Waals surface area (Å²) in [6, 6.07) is 1.08. The second kappa shape index (κ2) is 7.86. The molecule has 0 aliphatic heterocycles. The summed E-state index contributed by atoms with van der Waals surface area (Å²) in [7, 11) is 0. The molecule has 0 saturated heterocycles. The zero-order valence-corrected chi connectivity index (χ0v) is 12.8. The summed E-state index contributed by atoms with van der Waals surface area (Å²) in [6.45, 7) is 8.68. The fourth-order valence-corrected chi connectivity index (χ4v) is 2.63. The van der Waals surface area contributed by atoms with E-state index >= 15 is 0 Å². The number of carbonyl (C=O) groups excluding carboxylic acids is 1. The maximum atomic E-state index is 11.8. The smallest absolute Gasteiger partial charge is 0.338 e. The van der Waals surface area contributed by atoms with Crippen LogP contribution in [0.4, 0.5) is 9.80 Å². The lowest BCUT2D eigenvalue weighted by atomic mass is 10.3. The van der Waals surface area contributed by atoms with Gasteiger partial charge in [0.05, 0.1) is 5.56 Å². The van der Waals surface area contributed by atoms with Gasteiger partial charge in [-0.1, -0.05) is 13.8 Å². The molecule has 0 aliphatic carbocycles. The summed E-state index contributed by atoms with van der Waals surface area (Å²) in [5.41, 5.74) is 0.113. The van der Waals surface area contributed by atoms with Crippen molar-refractivity contribution < 1.29 is 14.7 Å². The quantitative estimate of drug-likeness (QED) is 0.721. The van der Waals surface area contributed by atoms with E-state index in [1.54, 1.807) is 5.38 Å². The van der Waals surface area contributed by atoms with Gasteiger partial charge in [0, 0.05) is 12.6 Å². The number of hydrogen-bond acceptors (Lipinski definition) is 4. The van der Waals surface area contributed by atoms with Gasteiger partial charge < -0.3 is 15.3 Å². The lowest BCUT2D eigenvalue weighted by Gasteiger charge is -2.23. The first-order valence-electron chi connectivity index (χ1n) is 6.58. The van der Waals surface area contributed by atoms with E-state index < -0.39 is 5.97 Å². The van der Waals surface area contributed by atoms with Crippen LogP contribution in [0.2, 0.25) is 0 Å². The average Bonchev–Trinajstić information content (AvgIpc) is 2.83. The Bertz CT molecular complexity index is 457. The molecule has 0 aliphatic rings. The highest BCUT2D eigenvalue weighted by Gasteiger charge is 2.15. The molecule has 0 spiro atoms. The van der Waals surface area contributed by atoms with Crippen molar-refractivity contribution in [2.45, 2.75) is 26.8 Å². The molecular weight excluding hydrogens is 278 g/mol. The largest absolute Gasteiger partial charge is 0.478 e. The van der Waals surface area contributed by atoms with Crippen LogP contribution in [0.5, 0.6) is 0 Å². The van der Waals surface area contributed by atoms with Crippen molar-refractivity contribution in [3.63, 3.8) is 0 Å². The fraction of sp³-hybridized carbons (Fsp3) is 0.538. The van der Waals surface area contributed by atoms with E-state index in [2.05, 4.69) is 29.4 Å². The highest BCUT2D eigenvalue weighted by Crippen LogP contribution is 2.22. The number of nitrogens with zero attached hydrogens (tertiary/aromatic N) is 1. The molecule has 1 heterocycles. The summed E-state index contributed by atoms with van der Waals surface area (Å²) in [4.78, 5) is 25.0. The molecule has 0 radical (unpaired) electrons. The minimum absolute atomic E-state index is 0.0110. The number of thiophene rings is 1. The number of hydrogen-bond donors (Lipinski definition) is 3. The number of urea groups is 1. The molecule has 1 rings (SSSR count). The SMILES string of the molecule is CCN(CC)CC(C)NC(=O)Nc1sccc1C(=O)O. The van der Waals surface area contributed by atoms with Crippen molar-refractivity contribution in [1.29, 1.82) is 0 Å². The highest BCUT2D eigenvalue weighted by atomic mass is 32.1. The van der Waals surface area contributed by atoms with Crippen LogP contribution in [-0.2, 0) is 0 Å². The molecule has 1 aromatic heterocycles. The second-order valence-corrected chi connectivity index (χ2v) is 5.37. The second-order valence-electron chi connectivity index (χ2n) is 4.45. The molecule has 2 amide bonds. The first kappa shape index (κ1) is 16.5. The highest BCUT2D eigenvalue weighted by molar-refractivity contribution is 7.14. The number of anilines is 1. The summed E-state index contributed by atoms with van der Waals surface area (Å²) >= 11 is 1.19. The zero-order valence-electron chi connectivity index (χ0n) is 12.0. The number of nitrogens with one attached hydrogen (secondary N) is 2. The molecule has 3 N–H and O–H groups in total. The normalized spacial score (nSPS) is 12.2. The molecular formula is C13H21N3O3S. The molecule has 112 valence electrons. The van der Waals surface area contributed by atoms with E-state index in [1.807, 2.05) is 6.92 Å². The third-order valence-corrected chi connectivity index (χ3v) is 3.76. The molecule has 1 unspecified atom stereocenters. The fourth-order valence-electron chi connectivity index (χ4n) is 1.85. The number of carboxylic acids is 1. The average molecular weight is 299 g/mol. The van der Waals surface area contributed by atoms with Crippen LogP contribution >= 0.6 is 11.3 Å². The Morgan fingerprint density at radius 3 is 2.60 bits per heavy atom. The van der Waals surface area contributed by atoms with Crippen LogP contribution in [0.3, 0.4) is 0 Å². The van der Waals surface area contributed by atoms with E-state index in [0.717, 1.165) is 19.6 Å². The van der Waals surface area contributed by atoms with Gasteiger partial charge in [0.2, 0.25) is 0 Å². The van der Waals surface area contributed by atoms with Crippen LogP contribution in [0.15, 0.2) is 11.4 Å². The van der Waals surface area contributed by atoms with Crippen molar-refractivity contribution in [2.24, 2.45) is 0 Å². The van der Waals surface area contributed by atoms with Crippen molar-refractivity contribution in [3.05, 3.63) is 17.0 Å². The number of amides is 2. The van der Waals surface area contributed by atoms with Gasteiger partial charge in [-0.25, -0.2) is 9.59 Å².